The first-order chi connectivity index (χ1) is 12.3. The lowest BCUT2D eigenvalue weighted by Crippen LogP contribution is -2.39. The summed E-state index contributed by atoms with van der Waals surface area (Å²) in [6, 6.07) is 11.4. The molecule has 0 aliphatic carbocycles. The maximum atomic E-state index is 13.0. The third kappa shape index (κ3) is 5.93. The van der Waals surface area contributed by atoms with Crippen LogP contribution < -0.4 is 10.6 Å². The van der Waals surface area contributed by atoms with E-state index in [1.807, 2.05) is 6.92 Å². The number of nitrogens with one attached hydrogen (secondary N) is 2. The molecule has 0 radical (unpaired) electrons. The van der Waals surface area contributed by atoms with Crippen LogP contribution in [-0.4, -0.2) is 36.9 Å². The summed E-state index contributed by atoms with van der Waals surface area (Å²) in [7, 11) is 1.77. The number of hydrogen-bond acceptors (Lipinski definition) is 3. The highest BCUT2D eigenvalue weighted by Crippen LogP contribution is 2.18. The van der Waals surface area contributed by atoms with Crippen LogP contribution in [0.25, 0.3) is 0 Å². The van der Waals surface area contributed by atoms with Gasteiger partial charge in [0.05, 0.1) is 13.1 Å². The van der Waals surface area contributed by atoms with Gasteiger partial charge in [0, 0.05) is 11.7 Å². The Morgan fingerprint density at radius 3 is 2.08 bits per heavy atom. The van der Waals surface area contributed by atoms with Crippen LogP contribution in [0, 0.1) is 11.6 Å². The Balaban J connectivity index is 1.77. The predicted molar refractivity (Wildman–Crippen MR) is 95.5 cm³/mol. The summed E-state index contributed by atoms with van der Waals surface area (Å²) in [6.45, 7) is 1.80. The van der Waals surface area contributed by atoms with E-state index in [0.717, 1.165) is 5.56 Å². The minimum absolute atomic E-state index is 0.0857. The van der Waals surface area contributed by atoms with Crippen molar-refractivity contribution < 1.29 is 18.4 Å². The van der Waals surface area contributed by atoms with Crippen molar-refractivity contribution >= 4 is 17.5 Å². The Kier molecular flexibility index (Phi) is 6.80. The zero-order valence-corrected chi connectivity index (χ0v) is 14.6. The molecule has 2 rings (SSSR count). The first kappa shape index (κ1) is 19.5. The van der Waals surface area contributed by atoms with Gasteiger partial charge in [-0.1, -0.05) is 12.1 Å². The van der Waals surface area contributed by atoms with E-state index in [0.29, 0.717) is 5.69 Å². The molecule has 2 N–H and O–H groups in total. The van der Waals surface area contributed by atoms with E-state index in [9.17, 15) is 18.4 Å². The first-order valence-electron chi connectivity index (χ1n) is 8.13. The van der Waals surface area contributed by atoms with Gasteiger partial charge in [0.1, 0.15) is 11.6 Å². The average molecular weight is 361 g/mol. The largest absolute Gasteiger partial charge is 0.346 e. The lowest BCUT2D eigenvalue weighted by Gasteiger charge is -2.24. The second kappa shape index (κ2) is 9.05. The van der Waals surface area contributed by atoms with Crippen molar-refractivity contribution in [3.8, 4) is 0 Å². The smallest absolute Gasteiger partial charge is 0.243 e. The van der Waals surface area contributed by atoms with Crippen molar-refractivity contribution in [2.24, 2.45) is 0 Å². The van der Waals surface area contributed by atoms with Crippen LogP contribution in [0.5, 0.6) is 0 Å². The predicted octanol–water partition coefficient (Wildman–Crippen LogP) is 2.71. The highest BCUT2D eigenvalue weighted by molar-refractivity contribution is 5.94. The summed E-state index contributed by atoms with van der Waals surface area (Å²) in [5.74, 6) is -1.42. The molecule has 0 spiro atoms. The van der Waals surface area contributed by atoms with E-state index in [1.165, 1.54) is 36.4 Å². The summed E-state index contributed by atoms with van der Waals surface area (Å²) in [5.41, 5.74) is 1.34. The van der Waals surface area contributed by atoms with Gasteiger partial charge in [-0.3, -0.25) is 14.5 Å². The van der Waals surface area contributed by atoms with E-state index in [4.69, 9.17) is 0 Å². The maximum absolute atomic E-state index is 13.0. The summed E-state index contributed by atoms with van der Waals surface area (Å²) < 4.78 is 25.8. The topological polar surface area (TPSA) is 61.4 Å². The van der Waals surface area contributed by atoms with E-state index >= 15 is 0 Å². The van der Waals surface area contributed by atoms with E-state index < -0.39 is 11.7 Å². The zero-order valence-electron chi connectivity index (χ0n) is 14.6. The fraction of sp³-hybridized carbons (Fsp3) is 0.263. The van der Waals surface area contributed by atoms with Gasteiger partial charge < -0.3 is 10.6 Å². The van der Waals surface area contributed by atoms with Crippen molar-refractivity contribution in [3.63, 3.8) is 0 Å². The molecular weight excluding hydrogens is 340 g/mol. The van der Waals surface area contributed by atoms with Gasteiger partial charge in [0.2, 0.25) is 11.8 Å². The number of likely N-dealkylation sites (N-methyl/N-ethyl adjacent to an activating group) is 1. The van der Waals surface area contributed by atoms with Gasteiger partial charge in [-0.05, 0) is 55.9 Å². The van der Waals surface area contributed by atoms with Crippen molar-refractivity contribution in [2.45, 2.75) is 13.0 Å². The van der Waals surface area contributed by atoms with Crippen LogP contribution in [0.4, 0.5) is 14.5 Å². The Labute approximate surface area is 151 Å². The molecule has 26 heavy (non-hydrogen) atoms. The number of rotatable bonds is 7. The molecule has 1 unspecified atom stereocenters. The van der Waals surface area contributed by atoms with Gasteiger partial charge >= 0.3 is 0 Å². The Morgan fingerprint density at radius 2 is 1.50 bits per heavy atom. The van der Waals surface area contributed by atoms with Crippen molar-refractivity contribution in [2.75, 3.05) is 25.5 Å². The molecule has 2 amide bonds. The number of carbonyl (C=O) groups excluding carboxylic acids is 2. The van der Waals surface area contributed by atoms with Crippen molar-refractivity contribution in [1.29, 1.82) is 0 Å². The standard InChI is InChI=1S/C19H21F2N3O2/c1-13(14-3-5-15(20)6-4-14)24(2)12-19(26)22-11-18(25)23-17-9-7-16(21)8-10-17/h3-10,13H,11-12H2,1-2H3,(H,22,26)(H,23,25). The number of nitrogens with zero attached hydrogens (tertiary/aromatic N) is 1. The molecule has 1 atom stereocenters. The lowest BCUT2D eigenvalue weighted by molar-refractivity contribution is -0.125. The summed E-state index contributed by atoms with van der Waals surface area (Å²) in [4.78, 5) is 25.6. The first-order valence-corrected chi connectivity index (χ1v) is 8.13. The average Bonchev–Trinajstić information content (AvgIpc) is 2.62. The molecule has 0 saturated heterocycles. The number of hydrogen-bond donors (Lipinski definition) is 2. The monoisotopic (exact) mass is 361 g/mol. The van der Waals surface area contributed by atoms with Crippen LogP contribution in [0.2, 0.25) is 0 Å². The molecular formula is C19H21F2N3O2. The molecule has 5 nitrogen and oxygen atoms in total. The number of amides is 2. The van der Waals surface area contributed by atoms with Gasteiger partial charge in [0.25, 0.3) is 0 Å². The summed E-state index contributed by atoms with van der Waals surface area (Å²) in [5, 5.41) is 5.10. The minimum atomic E-state index is -0.404. The van der Waals surface area contributed by atoms with Gasteiger partial charge in [0.15, 0.2) is 0 Å². The zero-order chi connectivity index (χ0) is 19.1. The number of anilines is 1. The quantitative estimate of drug-likeness (QED) is 0.797. The number of halogens is 2. The molecule has 0 bridgehead atoms. The second-order valence-electron chi connectivity index (χ2n) is 5.97. The fourth-order valence-corrected chi connectivity index (χ4v) is 2.33. The van der Waals surface area contributed by atoms with E-state index in [-0.39, 0.29) is 30.9 Å². The minimum Gasteiger partial charge on any atom is -0.346 e. The number of benzene rings is 2. The molecule has 0 heterocycles. The molecule has 0 aliphatic rings. The molecule has 0 aliphatic heterocycles. The van der Waals surface area contributed by atoms with Gasteiger partial charge in [-0.15, -0.1) is 0 Å². The highest BCUT2D eigenvalue weighted by Gasteiger charge is 2.15. The molecule has 2 aromatic carbocycles. The van der Waals surface area contributed by atoms with E-state index in [1.54, 1.807) is 24.1 Å². The van der Waals surface area contributed by atoms with E-state index in [2.05, 4.69) is 10.6 Å². The van der Waals surface area contributed by atoms with Gasteiger partial charge in [-0.2, -0.15) is 0 Å². The van der Waals surface area contributed by atoms with Crippen LogP contribution >= 0.6 is 0 Å². The molecule has 7 heteroatoms. The van der Waals surface area contributed by atoms with Crippen LogP contribution in [0.1, 0.15) is 18.5 Å². The van der Waals surface area contributed by atoms with Crippen LogP contribution in [0.3, 0.4) is 0 Å². The summed E-state index contributed by atoms with van der Waals surface area (Å²) in [6.07, 6.45) is 0. The Hall–Kier alpha value is -2.80. The molecule has 138 valence electrons. The summed E-state index contributed by atoms with van der Waals surface area (Å²) >= 11 is 0. The van der Waals surface area contributed by atoms with Crippen molar-refractivity contribution in [3.05, 3.63) is 65.7 Å². The third-order valence-corrected chi connectivity index (χ3v) is 3.98. The SMILES string of the molecule is CC(c1ccc(F)cc1)N(C)CC(=O)NCC(=O)Nc1ccc(F)cc1. The maximum Gasteiger partial charge on any atom is 0.243 e. The Bertz CT molecular complexity index is 748. The van der Waals surface area contributed by atoms with Gasteiger partial charge in [-0.25, -0.2) is 8.78 Å². The second-order valence-corrected chi connectivity index (χ2v) is 5.97. The third-order valence-electron chi connectivity index (χ3n) is 3.98. The molecule has 0 saturated carbocycles. The van der Waals surface area contributed by atoms with Crippen LogP contribution in [0.15, 0.2) is 48.5 Å². The Morgan fingerprint density at radius 1 is 0.962 bits per heavy atom. The number of carbonyl (C=O) groups is 2. The normalized spacial score (nSPS) is 11.9. The highest BCUT2D eigenvalue weighted by atomic mass is 19.1. The van der Waals surface area contributed by atoms with Crippen LogP contribution in [-0.2, 0) is 9.59 Å². The molecule has 0 fully saturated rings. The van der Waals surface area contributed by atoms with Crippen molar-refractivity contribution in [1.82, 2.24) is 10.2 Å². The lowest BCUT2D eigenvalue weighted by atomic mass is 10.1. The molecule has 2 aromatic rings. The molecule has 0 aromatic heterocycles. The fourth-order valence-electron chi connectivity index (χ4n) is 2.33.